The summed E-state index contributed by atoms with van der Waals surface area (Å²) >= 11 is 3.98. The smallest absolute Gasteiger partial charge is 0.325 e. The molecule has 0 aliphatic rings. The minimum Gasteiger partial charge on any atom is -0.480 e. The molecule has 0 aliphatic carbocycles. The molecule has 31 heavy (non-hydrogen) atoms. The van der Waals surface area contributed by atoms with Gasteiger partial charge in [-0.2, -0.15) is 12.6 Å². The number of nitrogens with zero attached hydrogens (tertiary/aromatic N) is 1. The number of hydrogen-bond donors (Lipinski definition) is 8. The van der Waals surface area contributed by atoms with Gasteiger partial charge in [0.25, 0.3) is 0 Å². The van der Waals surface area contributed by atoms with Crippen LogP contribution in [0, 0.1) is 5.92 Å². The Labute approximate surface area is 187 Å². The molecule has 5 unspecified atom stereocenters. The van der Waals surface area contributed by atoms with E-state index in [9.17, 15) is 19.2 Å². The fourth-order valence-electron chi connectivity index (χ4n) is 2.45. The molecule has 0 radical (unpaired) electrons. The van der Waals surface area contributed by atoms with Gasteiger partial charge in [-0.25, -0.2) is 0 Å². The van der Waals surface area contributed by atoms with E-state index in [-0.39, 0.29) is 30.6 Å². The molecule has 0 aromatic carbocycles. The summed E-state index contributed by atoms with van der Waals surface area (Å²) in [7, 11) is 0. The fraction of sp³-hybridized carbons (Fsp3) is 0.722. The van der Waals surface area contributed by atoms with Crippen LogP contribution < -0.4 is 33.2 Å². The SMILES string of the molecule is CCC(C)C(NC(=O)C(N)CS)C(=O)NC(CCCN=C(N)N)C(=O)NC(C)C(=O)O. The quantitative estimate of drug-likeness (QED) is 0.0619. The van der Waals surface area contributed by atoms with Crippen molar-refractivity contribution in [2.24, 2.45) is 28.1 Å². The maximum absolute atomic E-state index is 12.9. The Bertz CT molecular complexity index is 657. The number of carbonyl (C=O) groups excluding carboxylic acids is 3. The number of thiol groups is 1. The topological polar surface area (TPSA) is 215 Å². The Hall–Kier alpha value is -2.54. The molecule has 0 saturated carbocycles. The number of aliphatic carboxylic acids is 1. The van der Waals surface area contributed by atoms with Crippen molar-refractivity contribution in [2.75, 3.05) is 12.3 Å². The predicted octanol–water partition coefficient (Wildman–Crippen LogP) is -2.10. The van der Waals surface area contributed by atoms with Gasteiger partial charge in [0.05, 0.1) is 6.04 Å². The number of carboxylic acids is 1. The zero-order valence-corrected chi connectivity index (χ0v) is 19.0. The fourth-order valence-corrected chi connectivity index (χ4v) is 2.62. The molecule has 10 N–H and O–H groups in total. The van der Waals surface area contributed by atoms with Crippen LogP contribution in [0.2, 0.25) is 0 Å². The first kappa shape index (κ1) is 28.5. The summed E-state index contributed by atoms with van der Waals surface area (Å²) in [6.07, 6.45) is 1.08. The third-order valence-electron chi connectivity index (χ3n) is 4.63. The van der Waals surface area contributed by atoms with E-state index in [2.05, 4.69) is 33.6 Å². The Balaban J connectivity index is 5.43. The third kappa shape index (κ3) is 10.9. The maximum atomic E-state index is 12.9. The second-order valence-corrected chi connectivity index (χ2v) is 7.60. The molecule has 0 fully saturated rings. The summed E-state index contributed by atoms with van der Waals surface area (Å²) in [6, 6.07) is -4.03. The third-order valence-corrected chi connectivity index (χ3v) is 5.03. The first-order valence-electron chi connectivity index (χ1n) is 10.00. The van der Waals surface area contributed by atoms with Crippen LogP contribution in [0.3, 0.4) is 0 Å². The van der Waals surface area contributed by atoms with Gasteiger partial charge in [0.1, 0.15) is 18.1 Å². The average Bonchev–Trinajstić information content (AvgIpc) is 2.71. The Kier molecular flexibility index (Phi) is 13.3. The van der Waals surface area contributed by atoms with Crippen LogP contribution in [-0.4, -0.2) is 71.2 Å². The summed E-state index contributed by atoms with van der Waals surface area (Å²) in [5, 5.41) is 16.5. The lowest BCUT2D eigenvalue weighted by atomic mass is 9.97. The highest BCUT2D eigenvalue weighted by molar-refractivity contribution is 7.80. The van der Waals surface area contributed by atoms with Gasteiger partial charge in [0.15, 0.2) is 5.96 Å². The normalized spacial score (nSPS) is 15.5. The van der Waals surface area contributed by atoms with Gasteiger partial charge in [0, 0.05) is 12.3 Å². The summed E-state index contributed by atoms with van der Waals surface area (Å²) in [5.41, 5.74) is 16.2. The maximum Gasteiger partial charge on any atom is 0.325 e. The van der Waals surface area contributed by atoms with Crippen molar-refractivity contribution >= 4 is 42.3 Å². The predicted molar refractivity (Wildman–Crippen MR) is 120 cm³/mol. The second-order valence-electron chi connectivity index (χ2n) is 7.24. The van der Waals surface area contributed by atoms with Crippen molar-refractivity contribution in [3.8, 4) is 0 Å². The molecule has 0 rings (SSSR count). The largest absolute Gasteiger partial charge is 0.480 e. The van der Waals surface area contributed by atoms with Crippen LogP contribution in [0.5, 0.6) is 0 Å². The van der Waals surface area contributed by atoms with E-state index < -0.39 is 47.9 Å². The standard InChI is InChI=1S/C18H35N7O5S/c1-4-9(2)13(25-14(26)11(19)8-31)16(28)24-12(6-5-7-22-18(20)21)15(27)23-10(3)17(29)30/h9-13,31H,4-8,19H2,1-3H3,(H,23,27)(H,24,28)(H,25,26)(H,29,30)(H4,20,21,22). The molecule has 0 saturated heterocycles. The van der Waals surface area contributed by atoms with Gasteiger partial charge in [-0.3, -0.25) is 24.2 Å². The van der Waals surface area contributed by atoms with Crippen LogP contribution in [0.15, 0.2) is 4.99 Å². The molecule has 0 spiro atoms. The number of aliphatic imine (C=N–C) groups is 1. The van der Waals surface area contributed by atoms with Gasteiger partial charge < -0.3 is 38.3 Å². The highest BCUT2D eigenvalue weighted by Gasteiger charge is 2.31. The van der Waals surface area contributed by atoms with E-state index in [0.29, 0.717) is 12.8 Å². The highest BCUT2D eigenvalue weighted by atomic mass is 32.1. The molecule has 12 nitrogen and oxygen atoms in total. The lowest BCUT2D eigenvalue weighted by Gasteiger charge is -2.27. The van der Waals surface area contributed by atoms with Crippen molar-refractivity contribution in [3.63, 3.8) is 0 Å². The van der Waals surface area contributed by atoms with Crippen LogP contribution >= 0.6 is 12.6 Å². The van der Waals surface area contributed by atoms with E-state index in [0.717, 1.165) is 0 Å². The number of carboxylic acid groups (broad SMARTS) is 1. The van der Waals surface area contributed by atoms with Crippen molar-refractivity contribution in [1.82, 2.24) is 16.0 Å². The monoisotopic (exact) mass is 461 g/mol. The molecule has 0 aromatic rings. The molecule has 0 bridgehead atoms. The van der Waals surface area contributed by atoms with Crippen molar-refractivity contribution < 1.29 is 24.3 Å². The lowest BCUT2D eigenvalue weighted by Crippen LogP contribution is -2.58. The summed E-state index contributed by atoms with van der Waals surface area (Å²) in [5.74, 6) is -3.27. The second kappa shape index (κ2) is 14.5. The molecular weight excluding hydrogens is 426 g/mol. The molecule has 0 heterocycles. The lowest BCUT2D eigenvalue weighted by molar-refractivity contribution is -0.142. The van der Waals surface area contributed by atoms with Gasteiger partial charge in [-0.05, 0) is 25.7 Å². The first-order chi connectivity index (χ1) is 14.4. The summed E-state index contributed by atoms with van der Waals surface area (Å²) in [6.45, 7) is 5.15. The van der Waals surface area contributed by atoms with Crippen LogP contribution in [0.25, 0.3) is 0 Å². The number of guanidine groups is 1. The van der Waals surface area contributed by atoms with E-state index in [1.807, 2.05) is 6.92 Å². The molecule has 178 valence electrons. The molecule has 5 atom stereocenters. The summed E-state index contributed by atoms with van der Waals surface area (Å²) in [4.78, 5) is 52.5. The van der Waals surface area contributed by atoms with Crippen LogP contribution in [0.4, 0.5) is 0 Å². The Morgan fingerprint density at radius 3 is 2.13 bits per heavy atom. The van der Waals surface area contributed by atoms with Gasteiger partial charge in [0.2, 0.25) is 17.7 Å². The molecule has 13 heteroatoms. The molecular formula is C18H35N7O5S. The zero-order valence-electron chi connectivity index (χ0n) is 18.1. The van der Waals surface area contributed by atoms with Crippen molar-refractivity contribution in [2.45, 2.75) is 64.2 Å². The molecule has 3 amide bonds. The number of nitrogens with two attached hydrogens (primary N) is 3. The molecule has 0 aromatic heterocycles. The molecule has 0 aliphatic heterocycles. The van der Waals surface area contributed by atoms with Gasteiger partial charge in [-0.15, -0.1) is 0 Å². The number of hydrogen-bond acceptors (Lipinski definition) is 7. The first-order valence-corrected chi connectivity index (χ1v) is 10.6. The summed E-state index contributed by atoms with van der Waals surface area (Å²) < 4.78 is 0. The number of rotatable bonds is 14. The highest BCUT2D eigenvalue weighted by Crippen LogP contribution is 2.10. The zero-order chi connectivity index (χ0) is 24.1. The number of carbonyl (C=O) groups is 4. The number of nitrogens with one attached hydrogen (secondary N) is 3. The van der Waals surface area contributed by atoms with Crippen LogP contribution in [-0.2, 0) is 19.2 Å². The van der Waals surface area contributed by atoms with Crippen molar-refractivity contribution in [3.05, 3.63) is 0 Å². The Morgan fingerprint density at radius 1 is 1.03 bits per heavy atom. The minimum absolute atomic E-state index is 0.101. The number of amides is 3. The van der Waals surface area contributed by atoms with E-state index in [4.69, 9.17) is 22.3 Å². The average molecular weight is 462 g/mol. The van der Waals surface area contributed by atoms with Gasteiger partial charge in [-0.1, -0.05) is 20.3 Å². The van der Waals surface area contributed by atoms with E-state index in [1.54, 1.807) is 6.92 Å². The van der Waals surface area contributed by atoms with Crippen molar-refractivity contribution in [1.29, 1.82) is 0 Å². The van der Waals surface area contributed by atoms with E-state index in [1.165, 1.54) is 6.92 Å². The van der Waals surface area contributed by atoms with Gasteiger partial charge >= 0.3 is 5.97 Å². The minimum atomic E-state index is -1.22. The van der Waals surface area contributed by atoms with E-state index >= 15 is 0 Å². The Morgan fingerprint density at radius 2 is 1.65 bits per heavy atom. The van der Waals surface area contributed by atoms with Crippen LogP contribution in [0.1, 0.15) is 40.0 Å².